The predicted molar refractivity (Wildman–Crippen MR) is 86.6 cm³/mol. The first-order chi connectivity index (χ1) is 9.80. The Labute approximate surface area is 139 Å². The maximum Gasteiger partial charge on any atom is 0.244 e. The van der Waals surface area contributed by atoms with Gasteiger partial charge in [-0.3, -0.25) is 0 Å². The van der Waals surface area contributed by atoms with Crippen LogP contribution in [-0.2, 0) is 16.6 Å². The molecule has 2 aromatic rings. The lowest BCUT2D eigenvalue weighted by Crippen LogP contribution is -2.26. The van der Waals surface area contributed by atoms with Gasteiger partial charge in [-0.2, -0.15) is 4.31 Å². The lowest BCUT2D eigenvalue weighted by Gasteiger charge is -2.18. The number of benzene rings is 2. The van der Waals surface area contributed by atoms with Crippen molar-refractivity contribution in [3.05, 3.63) is 63.1 Å². The van der Waals surface area contributed by atoms with E-state index in [2.05, 4.69) is 0 Å². The Balaban J connectivity index is 2.30. The fourth-order valence-corrected chi connectivity index (χ4v) is 3.79. The van der Waals surface area contributed by atoms with Crippen molar-refractivity contribution in [2.75, 3.05) is 7.05 Å². The maximum atomic E-state index is 12.5. The smallest absolute Gasteiger partial charge is 0.207 e. The molecule has 2 rings (SSSR count). The van der Waals surface area contributed by atoms with Crippen LogP contribution in [0.4, 0.5) is 0 Å². The first-order valence-electron chi connectivity index (χ1n) is 5.96. The highest BCUT2D eigenvalue weighted by Gasteiger charge is 2.24. The molecule has 0 unspecified atom stereocenters. The third kappa shape index (κ3) is 3.90. The summed E-state index contributed by atoms with van der Waals surface area (Å²) in [7, 11) is -2.23. The molecule has 0 aliphatic heterocycles. The molecule has 21 heavy (non-hydrogen) atoms. The van der Waals surface area contributed by atoms with Gasteiger partial charge in [0.25, 0.3) is 0 Å². The third-order valence-electron chi connectivity index (χ3n) is 2.90. The molecular formula is C14H12Cl3NO2S. The van der Waals surface area contributed by atoms with Crippen LogP contribution in [0.5, 0.6) is 0 Å². The van der Waals surface area contributed by atoms with Crippen LogP contribution in [0.25, 0.3) is 0 Å². The zero-order chi connectivity index (χ0) is 15.6. The van der Waals surface area contributed by atoms with Crippen LogP contribution in [0.1, 0.15) is 5.56 Å². The van der Waals surface area contributed by atoms with Gasteiger partial charge >= 0.3 is 0 Å². The van der Waals surface area contributed by atoms with E-state index in [-0.39, 0.29) is 16.5 Å². The minimum Gasteiger partial charge on any atom is -0.207 e. The number of sulfonamides is 1. The number of halogens is 3. The molecule has 0 aromatic heterocycles. The van der Waals surface area contributed by atoms with Crippen LogP contribution in [-0.4, -0.2) is 19.8 Å². The summed E-state index contributed by atoms with van der Waals surface area (Å²) >= 11 is 17.6. The van der Waals surface area contributed by atoms with Crippen LogP contribution < -0.4 is 0 Å². The molecule has 3 nitrogen and oxygen atoms in total. The van der Waals surface area contributed by atoms with Crippen LogP contribution in [0.3, 0.4) is 0 Å². The largest absolute Gasteiger partial charge is 0.244 e. The van der Waals surface area contributed by atoms with Crippen molar-refractivity contribution in [2.24, 2.45) is 0 Å². The Morgan fingerprint density at radius 1 is 0.952 bits per heavy atom. The normalized spacial score (nSPS) is 11.9. The minimum absolute atomic E-state index is 0.00636. The van der Waals surface area contributed by atoms with Crippen molar-refractivity contribution in [3.8, 4) is 0 Å². The highest BCUT2D eigenvalue weighted by molar-refractivity contribution is 7.89. The van der Waals surface area contributed by atoms with Crippen molar-refractivity contribution in [1.82, 2.24) is 4.31 Å². The summed E-state index contributed by atoms with van der Waals surface area (Å²) in [4.78, 5) is -0.00636. The van der Waals surface area contributed by atoms with Gasteiger partial charge in [0.15, 0.2) is 0 Å². The van der Waals surface area contributed by atoms with E-state index in [0.717, 1.165) is 5.56 Å². The van der Waals surface area contributed by atoms with E-state index in [1.54, 1.807) is 30.3 Å². The molecule has 0 atom stereocenters. The lowest BCUT2D eigenvalue weighted by molar-refractivity contribution is 0.467. The Morgan fingerprint density at radius 2 is 1.52 bits per heavy atom. The molecule has 0 saturated heterocycles. The lowest BCUT2D eigenvalue weighted by atomic mass is 10.2. The van der Waals surface area contributed by atoms with Crippen molar-refractivity contribution in [1.29, 1.82) is 0 Å². The van der Waals surface area contributed by atoms with Crippen molar-refractivity contribution >= 4 is 44.8 Å². The van der Waals surface area contributed by atoms with Crippen LogP contribution in [0, 0.1) is 0 Å². The fraction of sp³-hybridized carbons (Fsp3) is 0.143. The summed E-state index contributed by atoms with van der Waals surface area (Å²) in [5.41, 5.74) is 0.823. The summed E-state index contributed by atoms with van der Waals surface area (Å²) < 4.78 is 26.3. The molecule has 0 spiro atoms. The van der Waals surface area contributed by atoms with Gasteiger partial charge in [0.1, 0.15) is 4.90 Å². The van der Waals surface area contributed by atoms with E-state index in [1.807, 2.05) is 0 Å². The molecule has 0 aliphatic carbocycles. The zero-order valence-electron chi connectivity index (χ0n) is 11.1. The van der Waals surface area contributed by atoms with Gasteiger partial charge < -0.3 is 0 Å². The van der Waals surface area contributed by atoms with E-state index in [0.29, 0.717) is 10.0 Å². The van der Waals surface area contributed by atoms with E-state index < -0.39 is 10.0 Å². The Kier molecular flexibility index (Phi) is 5.17. The maximum absolute atomic E-state index is 12.5. The summed E-state index contributed by atoms with van der Waals surface area (Å²) in [6.45, 7) is 0.211. The van der Waals surface area contributed by atoms with E-state index >= 15 is 0 Å². The Bertz CT molecular complexity index is 745. The molecule has 0 saturated carbocycles. The Morgan fingerprint density at radius 3 is 2.14 bits per heavy atom. The number of nitrogens with zero attached hydrogens (tertiary/aromatic N) is 1. The second-order valence-corrected chi connectivity index (χ2v) is 7.76. The molecule has 7 heteroatoms. The molecule has 0 radical (unpaired) electrons. The zero-order valence-corrected chi connectivity index (χ0v) is 14.1. The molecule has 112 valence electrons. The Hall–Kier alpha value is -0.780. The van der Waals surface area contributed by atoms with Crippen LogP contribution >= 0.6 is 34.8 Å². The second kappa shape index (κ2) is 6.55. The summed E-state index contributed by atoms with van der Waals surface area (Å²) in [5, 5.41) is 1.06. The summed E-state index contributed by atoms with van der Waals surface area (Å²) in [5.74, 6) is 0. The van der Waals surface area contributed by atoms with Crippen LogP contribution in [0.15, 0.2) is 47.4 Å². The van der Waals surface area contributed by atoms with Gasteiger partial charge in [-0.1, -0.05) is 46.9 Å². The monoisotopic (exact) mass is 363 g/mol. The number of hydrogen-bond donors (Lipinski definition) is 0. The van der Waals surface area contributed by atoms with Crippen molar-refractivity contribution in [3.63, 3.8) is 0 Å². The third-order valence-corrected chi connectivity index (χ3v) is 5.67. The molecule has 0 bridgehead atoms. The predicted octanol–water partition coefficient (Wildman–Crippen LogP) is 4.47. The molecule has 0 amide bonds. The second-order valence-electron chi connectivity index (χ2n) is 4.46. The first-order valence-corrected chi connectivity index (χ1v) is 8.54. The number of hydrogen-bond acceptors (Lipinski definition) is 2. The molecule has 0 N–H and O–H groups in total. The van der Waals surface area contributed by atoms with Gasteiger partial charge in [-0.15, -0.1) is 0 Å². The van der Waals surface area contributed by atoms with Gasteiger partial charge in [0, 0.05) is 23.6 Å². The molecular weight excluding hydrogens is 353 g/mol. The van der Waals surface area contributed by atoms with Gasteiger partial charge in [0.2, 0.25) is 10.0 Å². The average Bonchev–Trinajstić information content (AvgIpc) is 2.43. The highest BCUT2D eigenvalue weighted by atomic mass is 35.5. The van der Waals surface area contributed by atoms with Crippen molar-refractivity contribution in [2.45, 2.75) is 11.4 Å². The first kappa shape index (κ1) is 16.6. The van der Waals surface area contributed by atoms with E-state index in [1.165, 1.54) is 23.5 Å². The standard InChI is InChI=1S/C14H12Cl3NO2S/c1-18(9-10-2-4-11(15)5-3-10)21(19,20)14-8-12(16)6-7-13(14)17/h2-8H,9H2,1H3. The van der Waals surface area contributed by atoms with Gasteiger partial charge in [0.05, 0.1) is 5.02 Å². The SMILES string of the molecule is CN(Cc1ccc(Cl)cc1)S(=O)(=O)c1cc(Cl)ccc1Cl. The topological polar surface area (TPSA) is 37.4 Å². The van der Waals surface area contributed by atoms with E-state index in [9.17, 15) is 8.42 Å². The van der Waals surface area contributed by atoms with E-state index in [4.69, 9.17) is 34.8 Å². The number of rotatable bonds is 4. The average molecular weight is 365 g/mol. The summed E-state index contributed by atoms with van der Waals surface area (Å²) in [6.07, 6.45) is 0. The molecule has 2 aromatic carbocycles. The molecule has 0 aliphatic rings. The van der Waals surface area contributed by atoms with Gasteiger partial charge in [-0.05, 0) is 35.9 Å². The van der Waals surface area contributed by atoms with Gasteiger partial charge in [-0.25, -0.2) is 8.42 Å². The minimum atomic E-state index is -3.72. The molecule has 0 fully saturated rings. The summed E-state index contributed by atoms with van der Waals surface area (Å²) in [6, 6.07) is 11.3. The van der Waals surface area contributed by atoms with Crippen LogP contribution in [0.2, 0.25) is 15.1 Å². The fourth-order valence-electron chi connectivity index (χ4n) is 1.77. The molecule has 0 heterocycles. The quantitative estimate of drug-likeness (QED) is 0.803. The van der Waals surface area contributed by atoms with Crippen molar-refractivity contribution < 1.29 is 8.42 Å². The highest BCUT2D eigenvalue weighted by Crippen LogP contribution is 2.27.